The number of fused-ring (bicyclic) bond motifs is 1. The van der Waals surface area contributed by atoms with Gasteiger partial charge in [-0.05, 0) is 38.0 Å². The number of amides is 2. The third-order valence-electron chi connectivity index (χ3n) is 4.01. The average molecular weight is 316 g/mol. The van der Waals surface area contributed by atoms with Crippen LogP contribution in [0.4, 0.5) is 5.69 Å². The third kappa shape index (κ3) is 3.12. The number of hydrogen-bond acceptors (Lipinski definition) is 3. The summed E-state index contributed by atoms with van der Waals surface area (Å²) in [5.41, 5.74) is 0.551. The Morgan fingerprint density at radius 2 is 2.14 bits per heavy atom. The largest absolute Gasteiger partial charge is 0.336 e. The lowest BCUT2D eigenvalue weighted by atomic mass is 9.93. The molecule has 0 spiro atoms. The van der Waals surface area contributed by atoms with Gasteiger partial charge in [0.25, 0.3) is 5.91 Å². The van der Waals surface area contributed by atoms with Gasteiger partial charge < -0.3 is 10.6 Å². The number of carbonyl (C=O) groups is 2. The van der Waals surface area contributed by atoms with E-state index >= 15 is 0 Å². The van der Waals surface area contributed by atoms with Crippen molar-refractivity contribution in [2.45, 2.75) is 49.3 Å². The van der Waals surface area contributed by atoms with E-state index in [4.69, 9.17) is 6.42 Å². The van der Waals surface area contributed by atoms with Gasteiger partial charge >= 0.3 is 0 Å². The fourth-order valence-electron chi connectivity index (χ4n) is 2.31. The highest BCUT2D eigenvalue weighted by molar-refractivity contribution is 8.00. The number of terminal acetylenes is 1. The Morgan fingerprint density at radius 1 is 1.45 bits per heavy atom. The fourth-order valence-corrected chi connectivity index (χ4v) is 3.24. The van der Waals surface area contributed by atoms with Gasteiger partial charge in [0.1, 0.15) is 5.54 Å². The molecule has 4 nitrogen and oxygen atoms in total. The molecule has 22 heavy (non-hydrogen) atoms. The van der Waals surface area contributed by atoms with Crippen molar-refractivity contribution in [2.24, 2.45) is 0 Å². The molecule has 1 heterocycles. The van der Waals surface area contributed by atoms with Gasteiger partial charge in [-0.3, -0.25) is 9.59 Å². The highest BCUT2D eigenvalue weighted by Gasteiger charge is 2.27. The zero-order chi connectivity index (χ0) is 16.3. The molecule has 0 fully saturated rings. The second-order valence-corrected chi connectivity index (χ2v) is 6.73. The predicted octanol–water partition coefficient (Wildman–Crippen LogP) is 3.04. The molecule has 1 unspecified atom stereocenters. The molecule has 0 bridgehead atoms. The molecule has 0 aromatic heterocycles. The standard InChI is InChI=1S/C17H20N2O2S/c1-5-17(6-2,7-3)19-16(21)12-8-9-14-13(10-12)18-15(20)11(4)22-14/h1,8-11H,6-7H2,2-4H3,(H,18,20)(H,19,21). The first-order chi connectivity index (χ1) is 10.4. The number of carbonyl (C=O) groups excluding carboxylic acids is 2. The topological polar surface area (TPSA) is 58.2 Å². The van der Waals surface area contributed by atoms with Gasteiger partial charge in [0.05, 0.1) is 10.9 Å². The second-order valence-electron chi connectivity index (χ2n) is 5.35. The molecular formula is C17H20N2O2S. The van der Waals surface area contributed by atoms with E-state index in [1.165, 1.54) is 11.8 Å². The SMILES string of the molecule is C#CC(CC)(CC)NC(=O)c1ccc2c(c1)NC(=O)C(C)S2. The Labute approximate surface area is 135 Å². The van der Waals surface area contributed by atoms with Gasteiger partial charge in [0.2, 0.25) is 5.91 Å². The van der Waals surface area contributed by atoms with Crippen molar-refractivity contribution < 1.29 is 9.59 Å². The Morgan fingerprint density at radius 3 is 2.73 bits per heavy atom. The molecule has 2 N–H and O–H groups in total. The minimum atomic E-state index is -0.625. The molecule has 0 saturated heterocycles. The highest BCUT2D eigenvalue weighted by Crippen LogP contribution is 2.36. The lowest BCUT2D eigenvalue weighted by Gasteiger charge is -2.27. The summed E-state index contributed by atoms with van der Waals surface area (Å²) in [6.45, 7) is 5.76. The Balaban J connectivity index is 2.24. The van der Waals surface area contributed by atoms with Gasteiger partial charge in [-0.1, -0.05) is 19.8 Å². The van der Waals surface area contributed by atoms with Crippen LogP contribution in [-0.4, -0.2) is 22.6 Å². The predicted molar refractivity (Wildman–Crippen MR) is 90.0 cm³/mol. The molecule has 0 aliphatic carbocycles. The molecular weight excluding hydrogens is 296 g/mol. The van der Waals surface area contributed by atoms with Crippen LogP contribution in [0.15, 0.2) is 23.1 Å². The van der Waals surface area contributed by atoms with Crippen LogP contribution in [0.3, 0.4) is 0 Å². The first-order valence-corrected chi connectivity index (χ1v) is 8.24. The van der Waals surface area contributed by atoms with E-state index in [1.807, 2.05) is 26.8 Å². The first-order valence-electron chi connectivity index (χ1n) is 7.36. The van der Waals surface area contributed by atoms with Gasteiger partial charge in [-0.25, -0.2) is 0 Å². The van der Waals surface area contributed by atoms with E-state index in [0.29, 0.717) is 24.1 Å². The number of nitrogens with one attached hydrogen (secondary N) is 2. The van der Waals surface area contributed by atoms with Crippen LogP contribution >= 0.6 is 11.8 Å². The maximum Gasteiger partial charge on any atom is 0.252 e. The molecule has 1 aromatic rings. The summed E-state index contributed by atoms with van der Waals surface area (Å²) in [5, 5.41) is 5.63. The van der Waals surface area contributed by atoms with Crippen LogP contribution in [0.5, 0.6) is 0 Å². The normalized spacial score (nSPS) is 17.2. The average Bonchev–Trinajstić information content (AvgIpc) is 2.53. The summed E-state index contributed by atoms with van der Waals surface area (Å²) < 4.78 is 0. The maximum atomic E-state index is 12.4. The molecule has 0 saturated carbocycles. The van der Waals surface area contributed by atoms with Crippen molar-refractivity contribution in [3.8, 4) is 12.3 Å². The van der Waals surface area contributed by atoms with Crippen molar-refractivity contribution in [3.05, 3.63) is 23.8 Å². The molecule has 1 aliphatic heterocycles. The van der Waals surface area contributed by atoms with Gasteiger partial charge in [-0.15, -0.1) is 18.2 Å². The number of rotatable bonds is 4. The van der Waals surface area contributed by atoms with E-state index < -0.39 is 5.54 Å². The highest BCUT2D eigenvalue weighted by atomic mass is 32.2. The monoisotopic (exact) mass is 316 g/mol. The molecule has 1 atom stereocenters. The molecule has 116 valence electrons. The summed E-state index contributed by atoms with van der Waals surface area (Å²) in [6.07, 6.45) is 6.91. The Bertz CT molecular complexity index is 645. The molecule has 1 aliphatic rings. The number of hydrogen-bond donors (Lipinski definition) is 2. The van der Waals surface area contributed by atoms with E-state index in [2.05, 4.69) is 16.6 Å². The van der Waals surface area contributed by atoms with Crippen molar-refractivity contribution in [3.63, 3.8) is 0 Å². The molecule has 0 radical (unpaired) electrons. The van der Waals surface area contributed by atoms with E-state index in [-0.39, 0.29) is 17.1 Å². The van der Waals surface area contributed by atoms with E-state index in [0.717, 1.165) is 4.90 Å². The van der Waals surface area contributed by atoms with Gasteiger partial charge in [0, 0.05) is 10.5 Å². The summed E-state index contributed by atoms with van der Waals surface area (Å²) in [5.74, 6) is 2.42. The minimum Gasteiger partial charge on any atom is -0.336 e. The number of benzene rings is 1. The van der Waals surface area contributed by atoms with Crippen LogP contribution in [0, 0.1) is 12.3 Å². The molecule has 2 rings (SSSR count). The smallest absolute Gasteiger partial charge is 0.252 e. The summed E-state index contributed by atoms with van der Waals surface area (Å²) >= 11 is 1.49. The minimum absolute atomic E-state index is 0.0462. The third-order valence-corrected chi connectivity index (χ3v) is 5.19. The first kappa shape index (κ1) is 16.4. The molecule has 2 amide bonds. The van der Waals surface area contributed by atoms with Crippen LogP contribution in [0.25, 0.3) is 0 Å². The van der Waals surface area contributed by atoms with Gasteiger partial charge in [-0.2, -0.15) is 0 Å². The lowest BCUT2D eigenvalue weighted by Crippen LogP contribution is -2.46. The quantitative estimate of drug-likeness (QED) is 0.840. The fraction of sp³-hybridized carbons (Fsp3) is 0.412. The number of thioether (sulfide) groups is 1. The van der Waals surface area contributed by atoms with Crippen LogP contribution in [0.1, 0.15) is 44.0 Å². The van der Waals surface area contributed by atoms with Crippen molar-refractivity contribution in [1.29, 1.82) is 0 Å². The summed E-state index contributed by atoms with van der Waals surface area (Å²) in [7, 11) is 0. The van der Waals surface area contributed by atoms with Gasteiger partial charge in [0.15, 0.2) is 0 Å². The van der Waals surface area contributed by atoms with Crippen molar-refractivity contribution in [1.82, 2.24) is 5.32 Å². The summed E-state index contributed by atoms with van der Waals surface area (Å²) in [6, 6.07) is 5.33. The van der Waals surface area contributed by atoms with Crippen LogP contribution < -0.4 is 10.6 Å². The van der Waals surface area contributed by atoms with E-state index in [9.17, 15) is 9.59 Å². The van der Waals surface area contributed by atoms with Crippen molar-refractivity contribution in [2.75, 3.05) is 5.32 Å². The number of anilines is 1. The summed E-state index contributed by atoms with van der Waals surface area (Å²) in [4.78, 5) is 25.2. The maximum absolute atomic E-state index is 12.4. The molecule has 5 heteroatoms. The Kier molecular flexibility index (Phi) is 4.82. The van der Waals surface area contributed by atoms with Crippen molar-refractivity contribution >= 4 is 29.3 Å². The second kappa shape index (κ2) is 6.45. The van der Waals surface area contributed by atoms with Crippen LogP contribution in [-0.2, 0) is 4.79 Å². The zero-order valence-corrected chi connectivity index (χ0v) is 13.8. The zero-order valence-electron chi connectivity index (χ0n) is 13.0. The lowest BCUT2D eigenvalue weighted by molar-refractivity contribution is -0.115. The van der Waals surface area contributed by atoms with E-state index in [1.54, 1.807) is 12.1 Å². The van der Waals surface area contributed by atoms with Crippen LogP contribution in [0.2, 0.25) is 0 Å². The Hall–Kier alpha value is -1.93. The molecule has 1 aromatic carbocycles.